The Labute approximate surface area is 130 Å². The molecule has 0 radical (unpaired) electrons. The molecular weight excluding hydrogens is 284 g/mol. The third-order valence-corrected chi connectivity index (χ3v) is 4.94. The SMILES string of the molecule is COCCN1CCCC2(CCN(Cc3nonc3C)C2)C1=O. The van der Waals surface area contributed by atoms with Gasteiger partial charge < -0.3 is 9.64 Å². The molecule has 1 amide bonds. The summed E-state index contributed by atoms with van der Waals surface area (Å²) in [6.45, 7) is 6.51. The van der Waals surface area contributed by atoms with E-state index in [1.54, 1.807) is 7.11 Å². The van der Waals surface area contributed by atoms with Gasteiger partial charge in [-0.15, -0.1) is 0 Å². The molecule has 122 valence electrons. The van der Waals surface area contributed by atoms with Gasteiger partial charge in [0.1, 0.15) is 11.4 Å². The van der Waals surface area contributed by atoms with E-state index in [4.69, 9.17) is 9.37 Å². The van der Waals surface area contributed by atoms with Crippen molar-refractivity contribution in [2.45, 2.75) is 32.7 Å². The molecule has 0 N–H and O–H groups in total. The lowest BCUT2D eigenvalue weighted by Crippen LogP contribution is -2.50. The number of nitrogens with zero attached hydrogens (tertiary/aromatic N) is 4. The molecule has 7 heteroatoms. The van der Waals surface area contributed by atoms with Crippen LogP contribution in [0.3, 0.4) is 0 Å². The molecule has 2 aliphatic rings. The van der Waals surface area contributed by atoms with Gasteiger partial charge in [-0.2, -0.15) is 0 Å². The zero-order valence-corrected chi connectivity index (χ0v) is 13.4. The van der Waals surface area contributed by atoms with Gasteiger partial charge in [0.05, 0.1) is 12.0 Å². The van der Waals surface area contributed by atoms with Crippen molar-refractivity contribution in [3.8, 4) is 0 Å². The number of hydrogen-bond donors (Lipinski definition) is 0. The van der Waals surface area contributed by atoms with E-state index in [-0.39, 0.29) is 5.41 Å². The number of methoxy groups -OCH3 is 1. The van der Waals surface area contributed by atoms with Crippen molar-refractivity contribution in [1.82, 2.24) is 20.1 Å². The first kappa shape index (κ1) is 15.4. The Morgan fingerprint density at radius 1 is 1.32 bits per heavy atom. The van der Waals surface area contributed by atoms with Gasteiger partial charge in [-0.1, -0.05) is 10.3 Å². The predicted octanol–water partition coefficient (Wildman–Crippen LogP) is 0.839. The summed E-state index contributed by atoms with van der Waals surface area (Å²) in [6, 6.07) is 0. The summed E-state index contributed by atoms with van der Waals surface area (Å²) in [4.78, 5) is 17.1. The predicted molar refractivity (Wildman–Crippen MR) is 79.1 cm³/mol. The highest BCUT2D eigenvalue weighted by Crippen LogP contribution is 2.40. The number of ether oxygens (including phenoxy) is 1. The zero-order valence-electron chi connectivity index (χ0n) is 13.4. The average Bonchev–Trinajstić information content (AvgIpc) is 3.10. The molecule has 3 heterocycles. The fourth-order valence-corrected chi connectivity index (χ4v) is 3.64. The zero-order chi connectivity index (χ0) is 15.6. The van der Waals surface area contributed by atoms with Crippen LogP contribution in [0.15, 0.2) is 4.63 Å². The lowest BCUT2D eigenvalue weighted by atomic mass is 9.78. The van der Waals surface area contributed by atoms with Crippen LogP contribution in [0.5, 0.6) is 0 Å². The van der Waals surface area contributed by atoms with Gasteiger partial charge in [0.2, 0.25) is 5.91 Å². The normalized spacial score (nSPS) is 26.3. The van der Waals surface area contributed by atoms with Crippen LogP contribution in [0.25, 0.3) is 0 Å². The minimum atomic E-state index is -0.211. The van der Waals surface area contributed by atoms with Gasteiger partial charge in [0, 0.05) is 33.3 Å². The lowest BCUT2D eigenvalue weighted by Gasteiger charge is -2.39. The molecule has 1 atom stereocenters. The highest BCUT2D eigenvalue weighted by Gasteiger charge is 2.48. The first-order chi connectivity index (χ1) is 10.6. The van der Waals surface area contributed by atoms with E-state index in [1.165, 1.54) is 0 Å². The van der Waals surface area contributed by atoms with E-state index in [9.17, 15) is 4.79 Å². The van der Waals surface area contributed by atoms with E-state index >= 15 is 0 Å². The number of piperidine rings is 1. The number of amides is 1. The molecule has 1 aromatic heterocycles. The quantitative estimate of drug-likeness (QED) is 0.802. The maximum absolute atomic E-state index is 12.9. The molecule has 1 spiro atoms. The highest BCUT2D eigenvalue weighted by molar-refractivity contribution is 5.84. The van der Waals surface area contributed by atoms with Crippen molar-refractivity contribution in [1.29, 1.82) is 0 Å². The van der Waals surface area contributed by atoms with Crippen molar-refractivity contribution in [3.63, 3.8) is 0 Å². The van der Waals surface area contributed by atoms with Gasteiger partial charge >= 0.3 is 0 Å². The highest BCUT2D eigenvalue weighted by atomic mass is 16.6. The van der Waals surface area contributed by atoms with E-state index in [0.29, 0.717) is 25.6 Å². The molecule has 3 rings (SSSR count). The van der Waals surface area contributed by atoms with Crippen molar-refractivity contribution >= 4 is 5.91 Å². The molecule has 22 heavy (non-hydrogen) atoms. The average molecular weight is 308 g/mol. The molecule has 0 aliphatic carbocycles. The monoisotopic (exact) mass is 308 g/mol. The van der Waals surface area contributed by atoms with Crippen molar-refractivity contribution in [2.75, 3.05) is 39.9 Å². The number of carbonyl (C=O) groups is 1. The second-order valence-electron chi connectivity index (χ2n) is 6.43. The number of likely N-dealkylation sites (tertiary alicyclic amines) is 2. The molecule has 0 saturated carbocycles. The fourth-order valence-electron chi connectivity index (χ4n) is 3.64. The molecule has 0 aromatic carbocycles. The maximum Gasteiger partial charge on any atom is 0.230 e. The summed E-state index contributed by atoms with van der Waals surface area (Å²) >= 11 is 0. The van der Waals surface area contributed by atoms with E-state index < -0.39 is 0 Å². The fraction of sp³-hybridized carbons (Fsp3) is 0.800. The first-order valence-corrected chi connectivity index (χ1v) is 7.93. The Kier molecular flexibility index (Phi) is 4.44. The summed E-state index contributed by atoms with van der Waals surface area (Å²) in [5.74, 6) is 0.299. The summed E-state index contributed by atoms with van der Waals surface area (Å²) < 4.78 is 9.88. The molecule has 2 saturated heterocycles. The topological polar surface area (TPSA) is 71.7 Å². The van der Waals surface area contributed by atoms with Crippen molar-refractivity contribution in [3.05, 3.63) is 11.4 Å². The third kappa shape index (κ3) is 2.87. The second kappa shape index (κ2) is 6.34. The number of hydrogen-bond acceptors (Lipinski definition) is 6. The molecular formula is C15H24N4O3. The van der Waals surface area contributed by atoms with Crippen LogP contribution in [-0.4, -0.2) is 65.9 Å². The number of aryl methyl sites for hydroxylation is 1. The summed E-state index contributed by atoms with van der Waals surface area (Å²) in [5.41, 5.74) is 1.49. The minimum absolute atomic E-state index is 0.211. The molecule has 1 unspecified atom stereocenters. The third-order valence-electron chi connectivity index (χ3n) is 4.94. The molecule has 7 nitrogen and oxygen atoms in total. The number of aromatic nitrogens is 2. The van der Waals surface area contributed by atoms with Gasteiger partial charge in [-0.25, -0.2) is 4.63 Å². The van der Waals surface area contributed by atoms with E-state index in [2.05, 4.69) is 15.2 Å². The Morgan fingerprint density at radius 3 is 2.91 bits per heavy atom. The summed E-state index contributed by atoms with van der Waals surface area (Å²) in [5, 5.41) is 7.77. The van der Waals surface area contributed by atoms with Crippen LogP contribution < -0.4 is 0 Å². The van der Waals surface area contributed by atoms with Gasteiger partial charge in [0.15, 0.2) is 0 Å². The summed E-state index contributed by atoms with van der Waals surface area (Å²) in [7, 11) is 1.68. The van der Waals surface area contributed by atoms with Crippen LogP contribution in [0.1, 0.15) is 30.7 Å². The number of rotatable bonds is 5. The Bertz CT molecular complexity index is 533. The molecule has 0 bridgehead atoms. The Morgan fingerprint density at radius 2 is 2.18 bits per heavy atom. The Balaban J connectivity index is 1.64. The molecule has 1 aromatic rings. The second-order valence-corrected chi connectivity index (χ2v) is 6.43. The lowest BCUT2D eigenvalue weighted by molar-refractivity contribution is -0.146. The first-order valence-electron chi connectivity index (χ1n) is 7.93. The smallest absolute Gasteiger partial charge is 0.230 e. The molecule has 2 fully saturated rings. The van der Waals surface area contributed by atoms with E-state index in [0.717, 1.165) is 50.3 Å². The van der Waals surface area contributed by atoms with Crippen molar-refractivity contribution in [2.24, 2.45) is 5.41 Å². The van der Waals surface area contributed by atoms with Gasteiger partial charge in [-0.05, 0) is 32.7 Å². The van der Waals surface area contributed by atoms with Crippen LogP contribution in [0.2, 0.25) is 0 Å². The molecule has 2 aliphatic heterocycles. The summed E-state index contributed by atoms with van der Waals surface area (Å²) in [6.07, 6.45) is 3.00. The standard InChI is InChI=1S/C15H24N4O3/c1-12-13(17-22-16-12)10-18-7-5-15(11-18)4-3-6-19(14(15)20)8-9-21-2/h3-11H2,1-2H3. The van der Waals surface area contributed by atoms with Crippen LogP contribution in [0, 0.1) is 12.3 Å². The largest absolute Gasteiger partial charge is 0.383 e. The van der Waals surface area contributed by atoms with Crippen LogP contribution >= 0.6 is 0 Å². The number of carbonyl (C=O) groups excluding carboxylic acids is 1. The van der Waals surface area contributed by atoms with Crippen molar-refractivity contribution < 1.29 is 14.2 Å². The van der Waals surface area contributed by atoms with Gasteiger partial charge in [0.25, 0.3) is 0 Å². The minimum Gasteiger partial charge on any atom is -0.383 e. The van der Waals surface area contributed by atoms with Crippen LogP contribution in [0.4, 0.5) is 0 Å². The van der Waals surface area contributed by atoms with Gasteiger partial charge in [-0.3, -0.25) is 9.69 Å². The Hall–Kier alpha value is -1.47. The maximum atomic E-state index is 12.9. The van der Waals surface area contributed by atoms with Crippen LogP contribution in [-0.2, 0) is 16.1 Å². The van der Waals surface area contributed by atoms with E-state index in [1.807, 2.05) is 11.8 Å².